The second kappa shape index (κ2) is 10.1. The maximum absolute atomic E-state index is 12.3. The number of likely N-dealkylation sites (N-methyl/N-ethyl adjacent to an activating group) is 1. The van der Waals surface area contributed by atoms with Gasteiger partial charge in [-0.05, 0) is 31.5 Å². The quantitative estimate of drug-likeness (QED) is 0.840. The molecule has 0 radical (unpaired) electrons. The fraction of sp³-hybridized carbons (Fsp3) is 0.579. The fourth-order valence-electron chi connectivity index (χ4n) is 3.12. The summed E-state index contributed by atoms with van der Waals surface area (Å²) in [5.41, 5.74) is 0.802. The smallest absolute Gasteiger partial charge is 0.246 e. The fourth-order valence-corrected chi connectivity index (χ4v) is 3.12. The highest BCUT2D eigenvalue weighted by atomic mass is 16.2. The van der Waals surface area contributed by atoms with Gasteiger partial charge in [0.25, 0.3) is 0 Å². The zero-order valence-electron chi connectivity index (χ0n) is 14.6. The summed E-state index contributed by atoms with van der Waals surface area (Å²) >= 11 is 0. The van der Waals surface area contributed by atoms with Crippen LogP contribution >= 0.6 is 0 Å². The molecule has 1 fully saturated rings. The van der Waals surface area contributed by atoms with Gasteiger partial charge in [-0.25, -0.2) is 0 Å². The summed E-state index contributed by atoms with van der Waals surface area (Å²) in [5, 5.41) is 5.50. The molecule has 1 atom stereocenters. The lowest BCUT2D eigenvalue weighted by molar-refractivity contribution is -0.129. The van der Waals surface area contributed by atoms with Crippen LogP contribution in [0.1, 0.15) is 50.1 Å². The van der Waals surface area contributed by atoms with Crippen molar-refractivity contribution >= 4 is 11.8 Å². The highest BCUT2D eigenvalue weighted by Gasteiger charge is 2.21. The van der Waals surface area contributed by atoms with Gasteiger partial charge in [0.05, 0.1) is 0 Å². The van der Waals surface area contributed by atoms with E-state index in [-0.39, 0.29) is 11.8 Å². The van der Waals surface area contributed by atoms with E-state index in [1.54, 1.807) is 7.05 Å². The van der Waals surface area contributed by atoms with Crippen LogP contribution in [0.3, 0.4) is 0 Å². The molecule has 0 aromatic heterocycles. The minimum Gasteiger partial charge on any atom is -0.357 e. The van der Waals surface area contributed by atoms with Crippen LogP contribution in [0.15, 0.2) is 30.3 Å². The molecule has 132 valence electrons. The summed E-state index contributed by atoms with van der Waals surface area (Å²) in [6.07, 6.45) is 6.77. The number of carbonyl (C=O) groups excluding carboxylic acids is 2. The maximum Gasteiger partial charge on any atom is 0.246 e. The molecule has 0 unspecified atom stereocenters. The van der Waals surface area contributed by atoms with Crippen LogP contribution in [0.25, 0.3) is 0 Å². The number of hydrogen-bond donors (Lipinski definition) is 2. The van der Waals surface area contributed by atoms with Crippen LogP contribution < -0.4 is 10.6 Å². The maximum atomic E-state index is 12.3. The van der Waals surface area contributed by atoms with Crippen LogP contribution in [-0.4, -0.2) is 43.4 Å². The molecule has 0 spiro atoms. The zero-order valence-corrected chi connectivity index (χ0v) is 14.6. The molecule has 1 saturated heterocycles. The van der Waals surface area contributed by atoms with Crippen molar-refractivity contribution in [3.8, 4) is 0 Å². The lowest BCUT2D eigenvalue weighted by Gasteiger charge is -2.24. The SMILES string of the molecule is CNC(=O)[C@@H](NC(=O)CCN1CCCCCCC1)c1ccccc1. The molecule has 1 aromatic rings. The van der Waals surface area contributed by atoms with E-state index < -0.39 is 6.04 Å². The van der Waals surface area contributed by atoms with Gasteiger partial charge in [-0.2, -0.15) is 0 Å². The Labute approximate surface area is 144 Å². The molecule has 2 rings (SSSR count). The Morgan fingerprint density at radius 3 is 2.29 bits per heavy atom. The number of nitrogens with zero attached hydrogens (tertiary/aromatic N) is 1. The predicted octanol–water partition coefficient (Wildman–Crippen LogP) is 2.25. The van der Waals surface area contributed by atoms with Gasteiger partial charge < -0.3 is 15.5 Å². The third-order valence-corrected chi connectivity index (χ3v) is 4.55. The van der Waals surface area contributed by atoms with Crippen molar-refractivity contribution in [2.24, 2.45) is 0 Å². The number of amides is 2. The minimum atomic E-state index is -0.629. The van der Waals surface area contributed by atoms with Gasteiger partial charge in [0, 0.05) is 20.0 Å². The molecule has 2 amide bonds. The summed E-state index contributed by atoms with van der Waals surface area (Å²) in [6, 6.07) is 8.73. The number of likely N-dealkylation sites (tertiary alicyclic amines) is 1. The molecular weight excluding hydrogens is 302 g/mol. The van der Waals surface area contributed by atoms with Crippen molar-refractivity contribution < 1.29 is 9.59 Å². The molecule has 1 aromatic carbocycles. The van der Waals surface area contributed by atoms with Gasteiger partial charge in [0.1, 0.15) is 6.04 Å². The average molecular weight is 331 g/mol. The van der Waals surface area contributed by atoms with Crippen LogP contribution in [0.5, 0.6) is 0 Å². The third-order valence-electron chi connectivity index (χ3n) is 4.55. The largest absolute Gasteiger partial charge is 0.357 e. The van der Waals surface area contributed by atoms with Crippen molar-refractivity contribution in [2.75, 3.05) is 26.7 Å². The van der Waals surface area contributed by atoms with E-state index in [2.05, 4.69) is 15.5 Å². The first-order valence-electron chi connectivity index (χ1n) is 8.99. The van der Waals surface area contributed by atoms with Crippen LogP contribution in [0, 0.1) is 0 Å². The van der Waals surface area contributed by atoms with E-state index >= 15 is 0 Å². The van der Waals surface area contributed by atoms with Gasteiger partial charge in [-0.15, -0.1) is 0 Å². The van der Waals surface area contributed by atoms with Crippen molar-refractivity contribution in [1.29, 1.82) is 0 Å². The standard InChI is InChI=1S/C19H29N3O2/c1-20-19(24)18(16-10-6-5-7-11-16)21-17(23)12-15-22-13-8-3-2-4-9-14-22/h5-7,10-11,18H,2-4,8-9,12-15H2,1H3,(H,20,24)(H,21,23)/t18-/m0/s1. The first kappa shape index (κ1) is 18.5. The second-order valence-corrected chi connectivity index (χ2v) is 6.38. The van der Waals surface area contributed by atoms with E-state index in [0.717, 1.165) is 25.2 Å². The summed E-state index contributed by atoms with van der Waals surface area (Å²) in [4.78, 5) is 26.8. The summed E-state index contributed by atoms with van der Waals surface area (Å²) in [7, 11) is 1.59. The van der Waals surface area contributed by atoms with E-state index in [0.29, 0.717) is 6.42 Å². The van der Waals surface area contributed by atoms with Gasteiger partial charge in [0.15, 0.2) is 0 Å². The lowest BCUT2D eigenvalue weighted by atomic mass is 10.1. The van der Waals surface area contributed by atoms with E-state index in [1.165, 1.54) is 32.1 Å². The number of benzene rings is 1. The molecule has 2 N–H and O–H groups in total. The number of carbonyl (C=O) groups is 2. The third kappa shape index (κ3) is 5.96. The van der Waals surface area contributed by atoms with Crippen molar-refractivity contribution in [3.05, 3.63) is 35.9 Å². The Kier molecular flexibility index (Phi) is 7.75. The van der Waals surface area contributed by atoms with Crippen LogP contribution in [0.2, 0.25) is 0 Å². The van der Waals surface area contributed by atoms with Gasteiger partial charge in [-0.1, -0.05) is 49.6 Å². The number of nitrogens with one attached hydrogen (secondary N) is 2. The highest BCUT2D eigenvalue weighted by Crippen LogP contribution is 2.14. The van der Waals surface area contributed by atoms with E-state index in [4.69, 9.17) is 0 Å². The first-order valence-corrected chi connectivity index (χ1v) is 8.99. The van der Waals surface area contributed by atoms with Crippen molar-refractivity contribution in [1.82, 2.24) is 15.5 Å². The highest BCUT2D eigenvalue weighted by molar-refractivity contribution is 5.88. The molecule has 5 nitrogen and oxygen atoms in total. The Morgan fingerprint density at radius 2 is 1.67 bits per heavy atom. The van der Waals surface area contributed by atoms with Crippen LogP contribution in [-0.2, 0) is 9.59 Å². The molecule has 0 saturated carbocycles. The van der Waals surface area contributed by atoms with Crippen molar-refractivity contribution in [2.45, 2.75) is 44.6 Å². The predicted molar refractivity (Wildman–Crippen MR) is 95.5 cm³/mol. The Hall–Kier alpha value is -1.88. The zero-order chi connectivity index (χ0) is 17.2. The molecule has 24 heavy (non-hydrogen) atoms. The molecule has 1 aliphatic heterocycles. The second-order valence-electron chi connectivity index (χ2n) is 6.38. The molecule has 1 heterocycles. The number of hydrogen-bond acceptors (Lipinski definition) is 3. The normalized spacial score (nSPS) is 17.4. The molecule has 1 aliphatic rings. The van der Waals surface area contributed by atoms with Gasteiger partial charge >= 0.3 is 0 Å². The lowest BCUT2D eigenvalue weighted by Crippen LogP contribution is -2.40. The topological polar surface area (TPSA) is 61.4 Å². The van der Waals surface area contributed by atoms with Gasteiger partial charge in [0.2, 0.25) is 11.8 Å². The molecule has 0 bridgehead atoms. The monoisotopic (exact) mass is 331 g/mol. The van der Waals surface area contributed by atoms with Gasteiger partial charge in [-0.3, -0.25) is 9.59 Å². The average Bonchev–Trinajstić information content (AvgIpc) is 2.59. The summed E-state index contributed by atoms with van der Waals surface area (Å²) < 4.78 is 0. The molecule has 5 heteroatoms. The first-order chi connectivity index (χ1) is 11.7. The molecule has 0 aliphatic carbocycles. The van der Waals surface area contributed by atoms with Crippen molar-refractivity contribution in [3.63, 3.8) is 0 Å². The van der Waals surface area contributed by atoms with Crippen LogP contribution in [0.4, 0.5) is 0 Å². The van der Waals surface area contributed by atoms with E-state index in [1.807, 2.05) is 30.3 Å². The molecular formula is C19H29N3O2. The summed E-state index contributed by atoms with van der Waals surface area (Å²) in [5.74, 6) is -0.268. The minimum absolute atomic E-state index is 0.0745. The Morgan fingerprint density at radius 1 is 1.04 bits per heavy atom. The Balaban J connectivity index is 1.87. The number of rotatable bonds is 6. The summed E-state index contributed by atoms with van der Waals surface area (Å²) in [6.45, 7) is 2.91. The Bertz CT molecular complexity index is 511. The van der Waals surface area contributed by atoms with E-state index in [9.17, 15) is 9.59 Å².